The van der Waals surface area contributed by atoms with E-state index in [1.807, 2.05) is 0 Å². The highest BCUT2D eigenvalue weighted by Gasteiger charge is 2.55. The van der Waals surface area contributed by atoms with Gasteiger partial charge in [-0.25, -0.2) is 9.18 Å². The Hall–Kier alpha value is -1.29. The number of H-pyrrole nitrogens is 1. The maximum Gasteiger partial charge on any atom is 0.330 e. The van der Waals surface area contributed by atoms with Crippen LogP contribution >= 0.6 is 11.6 Å². The summed E-state index contributed by atoms with van der Waals surface area (Å²) in [6.07, 6.45) is -5.19. The SMILES string of the molecule is O=c1[nH]c(=O)n(C2O[C@@](CO)(CCl)[C@@H](O)[C@H]2F)cc1F. The highest BCUT2D eigenvalue weighted by molar-refractivity contribution is 6.18. The molecule has 0 spiro atoms. The standard InChI is InChI=1S/C10H11ClF2N2O5/c11-2-10(3-16)6(17)5(13)8(20-10)15-1-4(12)7(18)14-9(15)19/h1,5-6,8,16-17H,2-3H2,(H,14,18,19)/t5-,6+,8?,10-/m1/s1. The number of nitrogens with zero attached hydrogens (tertiary/aromatic N) is 1. The first-order valence-corrected chi connectivity index (χ1v) is 6.07. The maximum atomic E-state index is 14.0. The number of alkyl halides is 2. The number of nitrogens with one attached hydrogen (secondary N) is 1. The molecule has 7 nitrogen and oxygen atoms in total. The molecule has 2 rings (SSSR count). The van der Waals surface area contributed by atoms with Crippen molar-refractivity contribution in [2.45, 2.75) is 24.1 Å². The van der Waals surface area contributed by atoms with Gasteiger partial charge in [0.1, 0.15) is 11.7 Å². The second-order valence-corrected chi connectivity index (χ2v) is 4.67. The van der Waals surface area contributed by atoms with E-state index >= 15 is 0 Å². The van der Waals surface area contributed by atoms with Crippen LogP contribution in [-0.4, -0.2) is 50.1 Å². The molecular formula is C10H11ClF2N2O5. The van der Waals surface area contributed by atoms with Crippen molar-refractivity contribution in [2.75, 3.05) is 12.5 Å². The molecule has 10 heteroatoms. The number of halogens is 3. The summed E-state index contributed by atoms with van der Waals surface area (Å²) < 4.78 is 32.8. The van der Waals surface area contributed by atoms with Crippen molar-refractivity contribution in [2.24, 2.45) is 0 Å². The zero-order valence-electron chi connectivity index (χ0n) is 9.92. The van der Waals surface area contributed by atoms with Crippen LogP contribution in [0, 0.1) is 5.82 Å². The zero-order valence-corrected chi connectivity index (χ0v) is 10.7. The van der Waals surface area contributed by atoms with Crippen molar-refractivity contribution in [1.29, 1.82) is 0 Å². The molecule has 0 bridgehead atoms. The summed E-state index contributed by atoms with van der Waals surface area (Å²) in [5.41, 5.74) is -4.18. The smallest absolute Gasteiger partial charge is 0.330 e. The van der Waals surface area contributed by atoms with Gasteiger partial charge < -0.3 is 14.9 Å². The first kappa shape index (κ1) is 15.1. The van der Waals surface area contributed by atoms with Gasteiger partial charge in [0.05, 0.1) is 18.7 Å². The van der Waals surface area contributed by atoms with Crippen LogP contribution in [0.5, 0.6) is 0 Å². The van der Waals surface area contributed by atoms with E-state index in [-0.39, 0.29) is 0 Å². The van der Waals surface area contributed by atoms with Crippen LogP contribution in [0.15, 0.2) is 15.8 Å². The lowest BCUT2D eigenvalue weighted by atomic mass is 9.99. The van der Waals surface area contributed by atoms with Crippen molar-refractivity contribution in [3.05, 3.63) is 32.9 Å². The molecule has 1 fully saturated rings. The molecule has 0 amide bonds. The maximum absolute atomic E-state index is 14.0. The van der Waals surface area contributed by atoms with E-state index < -0.39 is 53.7 Å². The third-order valence-corrected chi connectivity index (χ3v) is 3.61. The number of aromatic amines is 1. The van der Waals surface area contributed by atoms with Crippen LogP contribution in [0.4, 0.5) is 8.78 Å². The Labute approximate surface area is 115 Å². The lowest BCUT2D eigenvalue weighted by Gasteiger charge is -2.26. The van der Waals surface area contributed by atoms with Crippen LogP contribution in [0.2, 0.25) is 0 Å². The molecule has 2 heterocycles. The minimum absolute atomic E-state index is 0.442. The van der Waals surface area contributed by atoms with Gasteiger partial charge in [-0.3, -0.25) is 14.3 Å². The van der Waals surface area contributed by atoms with E-state index in [0.29, 0.717) is 10.8 Å². The van der Waals surface area contributed by atoms with Gasteiger partial charge in [0, 0.05) is 0 Å². The second kappa shape index (κ2) is 5.24. The van der Waals surface area contributed by atoms with Crippen molar-refractivity contribution in [3.8, 4) is 0 Å². The lowest BCUT2D eigenvalue weighted by molar-refractivity contribution is -0.115. The average molecular weight is 313 g/mol. The molecule has 4 atom stereocenters. The van der Waals surface area contributed by atoms with Gasteiger partial charge in [0.25, 0.3) is 5.56 Å². The Kier molecular flexibility index (Phi) is 3.96. The Bertz CT molecular complexity index is 614. The van der Waals surface area contributed by atoms with Crippen LogP contribution in [0.3, 0.4) is 0 Å². The van der Waals surface area contributed by atoms with Crippen molar-refractivity contribution < 1.29 is 23.7 Å². The minimum atomic E-state index is -2.14. The van der Waals surface area contributed by atoms with E-state index in [1.165, 1.54) is 0 Å². The Balaban J connectivity index is 2.47. The minimum Gasteiger partial charge on any atom is -0.393 e. The molecule has 112 valence electrons. The molecule has 0 radical (unpaired) electrons. The van der Waals surface area contributed by atoms with E-state index in [0.717, 1.165) is 0 Å². The highest BCUT2D eigenvalue weighted by Crippen LogP contribution is 2.38. The normalized spacial score (nSPS) is 33.5. The van der Waals surface area contributed by atoms with Gasteiger partial charge in [-0.05, 0) is 0 Å². The van der Waals surface area contributed by atoms with Crippen LogP contribution < -0.4 is 11.2 Å². The third kappa shape index (κ3) is 2.16. The predicted octanol–water partition coefficient (Wildman–Crippen LogP) is -1.13. The molecule has 1 unspecified atom stereocenters. The van der Waals surface area contributed by atoms with Crippen LogP contribution in [0.25, 0.3) is 0 Å². The van der Waals surface area contributed by atoms with E-state index in [1.54, 1.807) is 4.98 Å². The number of hydrogen-bond acceptors (Lipinski definition) is 5. The first-order valence-electron chi connectivity index (χ1n) is 5.54. The Morgan fingerprint density at radius 1 is 1.55 bits per heavy atom. The summed E-state index contributed by atoms with van der Waals surface area (Å²) in [6, 6.07) is 0. The molecule has 1 aromatic heterocycles. The number of aliphatic hydroxyl groups is 2. The highest BCUT2D eigenvalue weighted by atomic mass is 35.5. The number of aliphatic hydroxyl groups excluding tert-OH is 2. The Morgan fingerprint density at radius 2 is 2.20 bits per heavy atom. The molecular weight excluding hydrogens is 302 g/mol. The number of aromatic nitrogens is 2. The topological polar surface area (TPSA) is 105 Å². The average Bonchev–Trinajstić information content (AvgIpc) is 2.68. The van der Waals surface area contributed by atoms with E-state index in [4.69, 9.17) is 16.3 Å². The molecule has 0 saturated carbocycles. The second-order valence-electron chi connectivity index (χ2n) is 4.40. The Morgan fingerprint density at radius 3 is 2.70 bits per heavy atom. The number of ether oxygens (including phenoxy) is 1. The quantitative estimate of drug-likeness (QED) is 0.613. The zero-order chi connectivity index (χ0) is 15.1. The molecule has 0 aliphatic carbocycles. The van der Waals surface area contributed by atoms with Crippen molar-refractivity contribution in [1.82, 2.24) is 9.55 Å². The fourth-order valence-electron chi connectivity index (χ4n) is 1.96. The third-order valence-electron chi connectivity index (χ3n) is 3.16. The summed E-state index contributed by atoms with van der Waals surface area (Å²) >= 11 is 5.54. The van der Waals surface area contributed by atoms with Gasteiger partial charge in [-0.1, -0.05) is 0 Å². The van der Waals surface area contributed by atoms with Gasteiger partial charge in [0.15, 0.2) is 12.4 Å². The molecule has 1 aliphatic rings. The molecule has 3 N–H and O–H groups in total. The molecule has 0 aromatic carbocycles. The van der Waals surface area contributed by atoms with E-state index in [2.05, 4.69) is 0 Å². The van der Waals surface area contributed by atoms with Gasteiger partial charge in [-0.2, -0.15) is 4.39 Å². The first-order chi connectivity index (χ1) is 9.36. The summed E-state index contributed by atoms with van der Waals surface area (Å²) in [6.45, 7) is -0.796. The summed E-state index contributed by atoms with van der Waals surface area (Å²) in [5.74, 6) is -1.76. The summed E-state index contributed by atoms with van der Waals surface area (Å²) in [4.78, 5) is 24.1. The molecule has 1 aliphatic heterocycles. The lowest BCUT2D eigenvalue weighted by Crippen LogP contribution is -2.47. The summed E-state index contributed by atoms with van der Waals surface area (Å²) in [5, 5.41) is 18.9. The fraction of sp³-hybridized carbons (Fsp3) is 0.600. The molecule has 20 heavy (non-hydrogen) atoms. The fourth-order valence-corrected chi connectivity index (χ4v) is 2.27. The van der Waals surface area contributed by atoms with Crippen molar-refractivity contribution >= 4 is 11.6 Å². The van der Waals surface area contributed by atoms with Gasteiger partial charge in [0.2, 0.25) is 5.82 Å². The number of hydrogen-bond donors (Lipinski definition) is 3. The van der Waals surface area contributed by atoms with Gasteiger partial charge >= 0.3 is 5.69 Å². The van der Waals surface area contributed by atoms with Crippen LogP contribution in [-0.2, 0) is 4.74 Å². The molecule has 1 saturated heterocycles. The van der Waals surface area contributed by atoms with E-state index in [9.17, 15) is 28.6 Å². The van der Waals surface area contributed by atoms with Crippen molar-refractivity contribution in [3.63, 3.8) is 0 Å². The largest absolute Gasteiger partial charge is 0.393 e. The molecule has 1 aromatic rings. The monoisotopic (exact) mass is 312 g/mol. The number of rotatable bonds is 3. The van der Waals surface area contributed by atoms with Crippen LogP contribution in [0.1, 0.15) is 6.23 Å². The summed E-state index contributed by atoms with van der Waals surface area (Å²) in [7, 11) is 0. The van der Waals surface area contributed by atoms with Gasteiger partial charge in [-0.15, -0.1) is 11.6 Å². The predicted molar refractivity (Wildman–Crippen MR) is 62.8 cm³/mol.